The van der Waals surface area contributed by atoms with Crippen molar-refractivity contribution in [3.05, 3.63) is 32.8 Å². The van der Waals surface area contributed by atoms with Crippen LogP contribution in [-0.2, 0) is 6.18 Å². The summed E-state index contributed by atoms with van der Waals surface area (Å²) < 4.78 is 65.1. The van der Waals surface area contributed by atoms with E-state index in [1.807, 2.05) is 0 Å². The number of hydrogen-bond acceptors (Lipinski definition) is 3. The van der Waals surface area contributed by atoms with Crippen LogP contribution in [-0.4, -0.2) is 11.5 Å². The molecule has 100 valence electrons. The largest absolute Gasteiger partial charge is 0.427 e. The van der Waals surface area contributed by atoms with Crippen LogP contribution in [0.1, 0.15) is 5.56 Å². The van der Waals surface area contributed by atoms with Gasteiger partial charge in [-0.15, -0.1) is 0 Å². The van der Waals surface area contributed by atoms with Crippen LogP contribution in [0.3, 0.4) is 0 Å². The van der Waals surface area contributed by atoms with Crippen molar-refractivity contribution in [1.82, 2.24) is 0 Å². The van der Waals surface area contributed by atoms with Crippen molar-refractivity contribution < 1.29 is 31.6 Å². The van der Waals surface area contributed by atoms with Crippen LogP contribution < -0.4 is 4.74 Å². The third-order valence-electron chi connectivity index (χ3n) is 1.74. The van der Waals surface area contributed by atoms with Gasteiger partial charge < -0.3 is 4.74 Å². The van der Waals surface area contributed by atoms with Crippen molar-refractivity contribution in [2.24, 2.45) is 0 Å². The lowest BCUT2D eigenvalue weighted by molar-refractivity contribution is -0.386. The average molecular weight is 292 g/mol. The summed E-state index contributed by atoms with van der Waals surface area (Å²) in [5.41, 5.74) is -3.02. The Morgan fingerprint density at radius 2 is 1.89 bits per heavy atom. The fraction of sp³-hybridized carbons (Fsp3) is 0.250. The first-order valence-electron chi connectivity index (χ1n) is 4.13. The molecule has 0 bridgehead atoms. The number of benzene rings is 1. The molecule has 10 heteroatoms. The molecule has 0 saturated heterocycles. The summed E-state index contributed by atoms with van der Waals surface area (Å²) in [5, 5.41) is 9.87. The van der Waals surface area contributed by atoms with Gasteiger partial charge in [0.05, 0.1) is 4.92 Å². The van der Waals surface area contributed by atoms with Crippen LogP contribution in [0, 0.1) is 10.1 Å². The zero-order chi connectivity index (χ0) is 14.1. The predicted octanol–water partition coefficient (Wildman–Crippen LogP) is 3.87. The number of hydrogen-bond donors (Lipinski definition) is 0. The molecular weight excluding hydrogens is 289 g/mol. The molecule has 0 N–H and O–H groups in total. The summed E-state index contributed by atoms with van der Waals surface area (Å²) >= 11 is 5.26. The van der Waals surface area contributed by atoms with Crippen molar-refractivity contribution >= 4 is 17.3 Å². The highest BCUT2D eigenvalue weighted by Gasteiger charge is 2.39. The van der Waals surface area contributed by atoms with Crippen LogP contribution in [0.25, 0.3) is 0 Å². The van der Waals surface area contributed by atoms with Gasteiger partial charge in [-0.1, -0.05) is 11.6 Å². The Hall–Kier alpha value is -1.64. The standard InChI is InChI=1S/C8H3ClF5NO3/c9-3-1-4(8(12,13)14)6(18-7(10)11)5(2-3)15(16)17/h1-2,7H. The number of halogens is 6. The molecule has 1 aromatic rings. The minimum absolute atomic E-state index is 0.270. The molecule has 0 aliphatic carbocycles. The second kappa shape index (κ2) is 4.92. The topological polar surface area (TPSA) is 52.4 Å². The van der Waals surface area contributed by atoms with Gasteiger partial charge in [0, 0.05) is 11.1 Å². The Bertz CT molecular complexity index is 477. The molecule has 0 amide bonds. The highest BCUT2D eigenvalue weighted by molar-refractivity contribution is 6.31. The zero-order valence-electron chi connectivity index (χ0n) is 8.17. The second-order valence-electron chi connectivity index (χ2n) is 2.93. The third kappa shape index (κ3) is 3.19. The molecule has 0 fully saturated rings. The lowest BCUT2D eigenvalue weighted by Crippen LogP contribution is -2.13. The van der Waals surface area contributed by atoms with Gasteiger partial charge >= 0.3 is 18.5 Å². The monoisotopic (exact) mass is 291 g/mol. The minimum atomic E-state index is -5.11. The smallest absolute Gasteiger partial charge is 0.420 e. The fourth-order valence-corrected chi connectivity index (χ4v) is 1.35. The van der Waals surface area contributed by atoms with Gasteiger partial charge in [-0.3, -0.25) is 10.1 Å². The van der Waals surface area contributed by atoms with Gasteiger partial charge in [-0.25, -0.2) is 0 Å². The predicted molar refractivity (Wildman–Crippen MR) is 49.7 cm³/mol. The summed E-state index contributed by atoms with van der Waals surface area (Å²) in [6.07, 6.45) is -5.11. The first-order valence-corrected chi connectivity index (χ1v) is 4.50. The van der Waals surface area contributed by atoms with Crippen molar-refractivity contribution in [3.8, 4) is 5.75 Å². The third-order valence-corrected chi connectivity index (χ3v) is 1.96. The highest BCUT2D eigenvalue weighted by atomic mass is 35.5. The van der Waals surface area contributed by atoms with Crippen molar-refractivity contribution in [2.75, 3.05) is 0 Å². The molecule has 18 heavy (non-hydrogen) atoms. The summed E-state index contributed by atoms with van der Waals surface area (Å²) in [5.74, 6) is -1.56. The SMILES string of the molecule is O=[N+]([O-])c1cc(Cl)cc(C(F)(F)F)c1OC(F)F. The normalized spacial score (nSPS) is 11.7. The molecule has 1 rings (SSSR count). The van der Waals surface area contributed by atoms with Crippen LogP contribution in [0.4, 0.5) is 27.6 Å². The molecule has 0 aliphatic heterocycles. The van der Waals surface area contributed by atoms with E-state index in [9.17, 15) is 32.1 Å². The summed E-state index contributed by atoms with van der Waals surface area (Å²) in [7, 11) is 0. The van der Waals surface area contributed by atoms with E-state index in [2.05, 4.69) is 4.74 Å². The lowest BCUT2D eigenvalue weighted by Gasteiger charge is -2.13. The Kier molecular flexibility index (Phi) is 3.95. The maximum atomic E-state index is 12.5. The number of ether oxygens (including phenoxy) is 1. The molecule has 0 aliphatic rings. The Labute approximate surface area is 101 Å². The van der Waals surface area contributed by atoms with Crippen LogP contribution in [0.2, 0.25) is 5.02 Å². The molecule has 0 heterocycles. The average Bonchev–Trinajstić information content (AvgIpc) is 2.17. The molecule has 0 atom stereocenters. The van der Waals surface area contributed by atoms with E-state index < -0.39 is 39.7 Å². The van der Waals surface area contributed by atoms with Crippen LogP contribution in [0.5, 0.6) is 5.75 Å². The van der Waals surface area contributed by atoms with E-state index in [1.165, 1.54) is 0 Å². The van der Waals surface area contributed by atoms with Crippen molar-refractivity contribution in [1.29, 1.82) is 0 Å². The quantitative estimate of drug-likeness (QED) is 0.482. The van der Waals surface area contributed by atoms with E-state index in [1.54, 1.807) is 0 Å². The molecule has 0 aromatic heterocycles. The van der Waals surface area contributed by atoms with Crippen LogP contribution in [0.15, 0.2) is 12.1 Å². The van der Waals surface area contributed by atoms with E-state index >= 15 is 0 Å². The first kappa shape index (κ1) is 14.4. The Morgan fingerprint density at radius 1 is 1.33 bits per heavy atom. The number of nitro benzene ring substituents is 1. The Balaban J connectivity index is 3.53. The highest BCUT2D eigenvalue weighted by Crippen LogP contribution is 2.43. The summed E-state index contributed by atoms with van der Waals surface area (Å²) in [4.78, 5) is 9.20. The number of nitrogens with zero attached hydrogens (tertiary/aromatic N) is 1. The lowest BCUT2D eigenvalue weighted by atomic mass is 10.1. The Morgan fingerprint density at radius 3 is 2.28 bits per heavy atom. The molecule has 0 unspecified atom stereocenters. The van der Waals surface area contributed by atoms with Gasteiger partial charge in [-0.2, -0.15) is 22.0 Å². The molecule has 1 aromatic carbocycles. The fourth-order valence-electron chi connectivity index (χ4n) is 1.14. The van der Waals surface area contributed by atoms with Gasteiger partial charge in [-0.05, 0) is 6.07 Å². The maximum Gasteiger partial charge on any atom is 0.420 e. The van der Waals surface area contributed by atoms with Gasteiger partial charge in [0.25, 0.3) is 0 Å². The molecule has 0 radical (unpaired) electrons. The first-order chi connectivity index (χ1) is 8.12. The molecule has 4 nitrogen and oxygen atoms in total. The van der Waals surface area contributed by atoms with E-state index in [0.717, 1.165) is 0 Å². The van der Waals surface area contributed by atoms with Crippen molar-refractivity contribution in [2.45, 2.75) is 12.8 Å². The van der Waals surface area contributed by atoms with Gasteiger partial charge in [0.2, 0.25) is 5.75 Å². The summed E-state index contributed by atoms with van der Waals surface area (Å²) in [6.45, 7) is -3.63. The van der Waals surface area contributed by atoms with Gasteiger partial charge in [0.15, 0.2) is 0 Å². The molecule has 0 spiro atoms. The molecule has 0 saturated carbocycles. The summed E-state index contributed by atoms with van der Waals surface area (Å²) in [6, 6.07) is 0.765. The number of rotatable bonds is 3. The maximum absolute atomic E-state index is 12.5. The van der Waals surface area contributed by atoms with Gasteiger partial charge in [0.1, 0.15) is 5.56 Å². The molecular formula is C8H3ClF5NO3. The number of nitro groups is 1. The van der Waals surface area contributed by atoms with E-state index in [0.29, 0.717) is 6.07 Å². The van der Waals surface area contributed by atoms with E-state index in [-0.39, 0.29) is 6.07 Å². The number of alkyl halides is 5. The minimum Gasteiger partial charge on any atom is -0.427 e. The van der Waals surface area contributed by atoms with Crippen LogP contribution >= 0.6 is 11.6 Å². The van der Waals surface area contributed by atoms with E-state index in [4.69, 9.17) is 11.6 Å². The second-order valence-corrected chi connectivity index (χ2v) is 3.37. The zero-order valence-corrected chi connectivity index (χ0v) is 8.93. The van der Waals surface area contributed by atoms with Crippen molar-refractivity contribution in [3.63, 3.8) is 0 Å².